The summed E-state index contributed by atoms with van der Waals surface area (Å²) in [6.45, 7) is 4.83. The number of carbonyl (C=O) groups excluding carboxylic acids is 1. The highest BCUT2D eigenvalue weighted by Gasteiger charge is 2.24. The van der Waals surface area contributed by atoms with Gasteiger partial charge in [0.05, 0.1) is 10.6 Å². The highest BCUT2D eigenvalue weighted by atomic mass is 32.2. The van der Waals surface area contributed by atoms with Gasteiger partial charge in [-0.25, -0.2) is 8.42 Å². The van der Waals surface area contributed by atoms with Gasteiger partial charge in [0.15, 0.2) is 21.3 Å². The number of amides is 1. The molecule has 1 N–H and O–H groups in total. The van der Waals surface area contributed by atoms with Crippen LogP contribution in [0.5, 0.6) is 11.5 Å². The molecule has 2 aliphatic heterocycles. The van der Waals surface area contributed by atoms with Crippen LogP contribution in [0.4, 0.5) is 0 Å². The molecular weight excluding hydrogens is 332 g/mol. The molecule has 0 bridgehead atoms. The maximum atomic E-state index is 12.5. The maximum absolute atomic E-state index is 12.5. The van der Waals surface area contributed by atoms with Crippen LogP contribution in [0.2, 0.25) is 0 Å². The molecule has 1 aromatic carbocycles. The summed E-state index contributed by atoms with van der Waals surface area (Å²) in [7, 11) is -3.54. The first-order valence-corrected chi connectivity index (χ1v) is 9.74. The van der Waals surface area contributed by atoms with E-state index in [1.54, 1.807) is 11.0 Å². The third-order valence-electron chi connectivity index (χ3n) is 4.18. The van der Waals surface area contributed by atoms with E-state index in [1.165, 1.54) is 12.1 Å². The van der Waals surface area contributed by atoms with E-state index in [9.17, 15) is 13.2 Å². The topological polar surface area (TPSA) is 84.9 Å². The Morgan fingerprint density at radius 1 is 1.29 bits per heavy atom. The van der Waals surface area contributed by atoms with E-state index in [2.05, 4.69) is 5.32 Å². The Kier molecular flexibility index (Phi) is 4.96. The van der Waals surface area contributed by atoms with Crippen molar-refractivity contribution in [1.82, 2.24) is 10.2 Å². The van der Waals surface area contributed by atoms with Gasteiger partial charge in [-0.05, 0) is 19.1 Å². The number of nitrogens with zero attached hydrogens (tertiary/aromatic N) is 1. The summed E-state index contributed by atoms with van der Waals surface area (Å²) < 4.78 is 35.8. The van der Waals surface area contributed by atoms with E-state index in [0.717, 1.165) is 6.54 Å². The molecule has 1 saturated heterocycles. The zero-order valence-electron chi connectivity index (χ0n) is 13.7. The largest absolute Gasteiger partial charge is 0.486 e. The Balaban J connectivity index is 1.64. The van der Waals surface area contributed by atoms with E-state index in [1.807, 2.05) is 6.92 Å². The predicted molar refractivity (Wildman–Crippen MR) is 88.1 cm³/mol. The van der Waals surface area contributed by atoms with Crippen molar-refractivity contribution in [2.45, 2.75) is 24.3 Å². The van der Waals surface area contributed by atoms with Crippen LogP contribution in [-0.2, 0) is 14.6 Å². The molecule has 1 atom stereocenters. The number of hydrogen-bond donors (Lipinski definition) is 1. The van der Waals surface area contributed by atoms with E-state index in [0.29, 0.717) is 37.8 Å². The van der Waals surface area contributed by atoms with Gasteiger partial charge in [-0.2, -0.15) is 0 Å². The molecule has 0 aliphatic carbocycles. The molecule has 0 spiro atoms. The molecule has 0 aromatic heterocycles. The lowest BCUT2D eigenvalue weighted by molar-refractivity contribution is -0.131. The van der Waals surface area contributed by atoms with Gasteiger partial charge in [0, 0.05) is 38.2 Å². The van der Waals surface area contributed by atoms with Gasteiger partial charge in [0.1, 0.15) is 13.2 Å². The van der Waals surface area contributed by atoms with E-state index >= 15 is 0 Å². The summed E-state index contributed by atoms with van der Waals surface area (Å²) in [5, 5.41) is 3.26. The van der Waals surface area contributed by atoms with Gasteiger partial charge in [-0.3, -0.25) is 4.79 Å². The first-order valence-electron chi connectivity index (χ1n) is 8.09. The van der Waals surface area contributed by atoms with Crippen molar-refractivity contribution in [2.75, 3.05) is 38.6 Å². The Morgan fingerprint density at radius 3 is 2.79 bits per heavy atom. The van der Waals surface area contributed by atoms with Crippen LogP contribution in [0.3, 0.4) is 0 Å². The van der Waals surface area contributed by atoms with E-state index < -0.39 is 9.84 Å². The minimum Gasteiger partial charge on any atom is -0.486 e. The lowest BCUT2D eigenvalue weighted by Gasteiger charge is -2.32. The van der Waals surface area contributed by atoms with Crippen molar-refractivity contribution < 1.29 is 22.7 Å². The first-order chi connectivity index (χ1) is 11.5. The normalized spacial score (nSPS) is 20.7. The Bertz CT molecular complexity index is 719. The van der Waals surface area contributed by atoms with Crippen LogP contribution in [0.15, 0.2) is 23.1 Å². The first kappa shape index (κ1) is 17.0. The summed E-state index contributed by atoms with van der Waals surface area (Å²) in [5.74, 6) is 0.657. The standard InChI is InChI=1S/C16H22N2O5S/c1-12-11-18(6-5-17-12)16(19)4-9-24(20,21)13-2-3-14-15(10-13)23-8-7-22-14/h2-3,10,12,17H,4-9,11H2,1H3. The average molecular weight is 354 g/mol. The molecule has 1 unspecified atom stereocenters. The van der Waals surface area contributed by atoms with Gasteiger partial charge >= 0.3 is 0 Å². The van der Waals surface area contributed by atoms with Gasteiger partial charge in [0.25, 0.3) is 0 Å². The fourth-order valence-electron chi connectivity index (χ4n) is 2.87. The lowest BCUT2D eigenvalue weighted by Crippen LogP contribution is -2.51. The Labute approximate surface area is 141 Å². The maximum Gasteiger partial charge on any atom is 0.223 e. The SMILES string of the molecule is CC1CN(C(=O)CCS(=O)(=O)c2ccc3c(c2)OCCO3)CCN1. The number of benzene rings is 1. The molecule has 1 aromatic rings. The second-order valence-electron chi connectivity index (χ2n) is 6.07. The highest BCUT2D eigenvalue weighted by molar-refractivity contribution is 7.91. The molecule has 3 rings (SSSR count). The van der Waals surface area contributed by atoms with Crippen LogP contribution in [-0.4, -0.2) is 63.9 Å². The summed E-state index contributed by atoms with van der Waals surface area (Å²) in [5.41, 5.74) is 0. The molecule has 132 valence electrons. The number of rotatable bonds is 4. The fourth-order valence-corrected chi connectivity index (χ4v) is 4.11. The number of fused-ring (bicyclic) bond motifs is 1. The monoisotopic (exact) mass is 354 g/mol. The second kappa shape index (κ2) is 6.98. The minimum absolute atomic E-state index is 0.0104. The molecule has 0 saturated carbocycles. The zero-order chi connectivity index (χ0) is 17.2. The summed E-state index contributed by atoms with van der Waals surface area (Å²) in [4.78, 5) is 14.1. The fraction of sp³-hybridized carbons (Fsp3) is 0.562. The van der Waals surface area contributed by atoms with Crippen molar-refractivity contribution in [3.63, 3.8) is 0 Å². The molecule has 0 radical (unpaired) electrons. The zero-order valence-corrected chi connectivity index (χ0v) is 14.5. The third-order valence-corrected chi connectivity index (χ3v) is 5.89. The minimum atomic E-state index is -3.54. The van der Waals surface area contributed by atoms with Crippen molar-refractivity contribution in [3.8, 4) is 11.5 Å². The quantitative estimate of drug-likeness (QED) is 0.845. The van der Waals surface area contributed by atoms with Gasteiger partial charge in [0.2, 0.25) is 5.91 Å². The van der Waals surface area contributed by atoms with E-state index in [4.69, 9.17) is 9.47 Å². The molecule has 2 heterocycles. The van der Waals surface area contributed by atoms with Crippen LogP contribution in [0, 0.1) is 0 Å². The number of ether oxygens (including phenoxy) is 2. The van der Waals surface area contributed by atoms with Gasteiger partial charge < -0.3 is 19.7 Å². The van der Waals surface area contributed by atoms with Crippen LogP contribution >= 0.6 is 0 Å². The lowest BCUT2D eigenvalue weighted by atomic mass is 10.2. The summed E-state index contributed by atoms with van der Waals surface area (Å²) in [6.07, 6.45) is -0.0104. The van der Waals surface area contributed by atoms with Crippen molar-refractivity contribution in [3.05, 3.63) is 18.2 Å². The molecule has 2 aliphatic rings. The van der Waals surface area contributed by atoms with Crippen molar-refractivity contribution in [2.24, 2.45) is 0 Å². The van der Waals surface area contributed by atoms with Crippen LogP contribution < -0.4 is 14.8 Å². The predicted octanol–water partition coefficient (Wildman–Crippen LogP) is 0.442. The molecular formula is C16H22N2O5S. The third kappa shape index (κ3) is 3.81. The molecule has 1 amide bonds. The summed E-state index contributed by atoms with van der Waals surface area (Å²) >= 11 is 0. The van der Waals surface area contributed by atoms with Gasteiger partial charge in [-0.15, -0.1) is 0 Å². The average Bonchev–Trinajstić information content (AvgIpc) is 2.59. The Morgan fingerprint density at radius 2 is 2.04 bits per heavy atom. The second-order valence-corrected chi connectivity index (χ2v) is 8.18. The highest BCUT2D eigenvalue weighted by Crippen LogP contribution is 2.32. The smallest absolute Gasteiger partial charge is 0.223 e. The van der Waals surface area contributed by atoms with E-state index in [-0.39, 0.29) is 29.0 Å². The van der Waals surface area contributed by atoms with Crippen LogP contribution in [0.25, 0.3) is 0 Å². The molecule has 7 nitrogen and oxygen atoms in total. The number of carbonyl (C=O) groups is 1. The van der Waals surface area contributed by atoms with Crippen LogP contribution in [0.1, 0.15) is 13.3 Å². The number of sulfone groups is 1. The molecule has 8 heteroatoms. The van der Waals surface area contributed by atoms with Crippen molar-refractivity contribution in [1.29, 1.82) is 0 Å². The Hall–Kier alpha value is -1.80. The van der Waals surface area contributed by atoms with Gasteiger partial charge in [-0.1, -0.05) is 0 Å². The van der Waals surface area contributed by atoms with Crippen molar-refractivity contribution >= 4 is 15.7 Å². The number of nitrogens with one attached hydrogen (secondary N) is 1. The summed E-state index contributed by atoms with van der Waals surface area (Å²) in [6, 6.07) is 4.81. The number of hydrogen-bond acceptors (Lipinski definition) is 6. The molecule has 1 fully saturated rings. The number of piperazine rings is 1. The molecule has 24 heavy (non-hydrogen) atoms.